The Kier molecular flexibility index (Phi) is 7.32. The zero-order valence-corrected chi connectivity index (χ0v) is 15.5. The summed E-state index contributed by atoms with van der Waals surface area (Å²) in [4.78, 5) is 14.7. The van der Waals surface area contributed by atoms with Crippen LogP contribution in [0.4, 0.5) is 0 Å². The third-order valence-electron chi connectivity index (χ3n) is 4.10. The molecule has 0 aliphatic carbocycles. The second-order valence-corrected chi connectivity index (χ2v) is 6.84. The van der Waals surface area contributed by atoms with Crippen molar-refractivity contribution >= 4 is 34.2 Å². The molecule has 4 nitrogen and oxygen atoms in total. The number of carbonyl (C=O) groups excluding carboxylic acids is 1. The Morgan fingerprint density at radius 1 is 1.45 bits per heavy atom. The predicted molar refractivity (Wildman–Crippen MR) is 94.1 cm³/mol. The van der Waals surface area contributed by atoms with Gasteiger partial charge in [0.1, 0.15) is 5.54 Å². The quantitative estimate of drug-likeness (QED) is 0.858. The number of piperidine rings is 1. The number of halogens is 2. The molecule has 2 N–H and O–H groups in total. The van der Waals surface area contributed by atoms with E-state index in [0.717, 1.165) is 36.0 Å². The lowest BCUT2D eigenvalue weighted by molar-refractivity contribution is -0.139. The maximum Gasteiger partial charge on any atom is 0.246 e. The number of hydrogen-bond donors (Lipinski definition) is 1. The van der Waals surface area contributed by atoms with Gasteiger partial charge in [-0.15, -0.1) is 12.4 Å². The number of rotatable bonds is 4. The highest BCUT2D eigenvalue weighted by molar-refractivity contribution is 9.10. The van der Waals surface area contributed by atoms with Gasteiger partial charge in [0.05, 0.1) is 6.61 Å². The Balaban J connectivity index is 0.00000242. The van der Waals surface area contributed by atoms with Crippen molar-refractivity contribution in [1.82, 2.24) is 4.90 Å². The van der Waals surface area contributed by atoms with Crippen LogP contribution in [-0.2, 0) is 15.1 Å². The molecule has 0 saturated carbocycles. The second-order valence-electron chi connectivity index (χ2n) is 5.92. The zero-order chi connectivity index (χ0) is 15.5. The number of hydrogen-bond acceptors (Lipinski definition) is 3. The first-order valence-electron chi connectivity index (χ1n) is 7.28. The molecular weight excluding hydrogens is 368 g/mol. The van der Waals surface area contributed by atoms with Crippen molar-refractivity contribution in [3.05, 3.63) is 34.3 Å². The molecule has 6 heteroatoms. The van der Waals surface area contributed by atoms with Gasteiger partial charge >= 0.3 is 0 Å². The summed E-state index contributed by atoms with van der Waals surface area (Å²) in [5.41, 5.74) is 6.19. The minimum absolute atomic E-state index is 0. The average Bonchev–Trinajstić information content (AvgIpc) is 2.47. The largest absolute Gasteiger partial charge is 0.384 e. The number of amides is 1. The Labute approximate surface area is 146 Å². The van der Waals surface area contributed by atoms with Gasteiger partial charge in [-0.2, -0.15) is 0 Å². The Bertz CT molecular complexity index is 491. The molecule has 1 aromatic carbocycles. The highest BCUT2D eigenvalue weighted by atomic mass is 79.9. The van der Waals surface area contributed by atoms with E-state index in [2.05, 4.69) is 15.9 Å². The molecule has 0 spiro atoms. The molecule has 0 aromatic heterocycles. The van der Waals surface area contributed by atoms with E-state index in [1.54, 1.807) is 14.0 Å². The fraction of sp³-hybridized carbons (Fsp3) is 0.562. The highest BCUT2D eigenvalue weighted by Gasteiger charge is 2.36. The van der Waals surface area contributed by atoms with E-state index in [1.807, 2.05) is 29.2 Å². The van der Waals surface area contributed by atoms with Gasteiger partial charge < -0.3 is 15.4 Å². The average molecular weight is 392 g/mol. The third-order valence-corrected chi connectivity index (χ3v) is 4.63. The molecule has 1 aliphatic rings. The first-order valence-corrected chi connectivity index (χ1v) is 8.07. The lowest BCUT2D eigenvalue weighted by atomic mass is 9.89. The maximum atomic E-state index is 12.8. The molecule has 0 radical (unpaired) electrons. The van der Waals surface area contributed by atoms with Crippen LogP contribution in [0.2, 0.25) is 0 Å². The summed E-state index contributed by atoms with van der Waals surface area (Å²) >= 11 is 3.40. The fourth-order valence-corrected chi connectivity index (χ4v) is 3.13. The monoisotopic (exact) mass is 390 g/mol. The molecule has 2 unspecified atom stereocenters. The molecule has 1 fully saturated rings. The first-order chi connectivity index (χ1) is 9.95. The lowest BCUT2D eigenvalue weighted by Crippen LogP contribution is -2.53. The van der Waals surface area contributed by atoms with Crippen LogP contribution in [0.15, 0.2) is 28.7 Å². The minimum Gasteiger partial charge on any atom is -0.384 e. The number of carbonyl (C=O) groups is 1. The maximum absolute atomic E-state index is 12.8. The number of ether oxygens (including phenoxy) is 1. The summed E-state index contributed by atoms with van der Waals surface area (Å²) in [5, 5.41) is 0. The molecule has 1 aliphatic heterocycles. The van der Waals surface area contributed by atoms with Crippen molar-refractivity contribution in [3.8, 4) is 0 Å². The highest BCUT2D eigenvalue weighted by Crippen LogP contribution is 2.25. The lowest BCUT2D eigenvalue weighted by Gasteiger charge is -2.37. The van der Waals surface area contributed by atoms with Crippen LogP contribution in [-0.4, -0.2) is 37.6 Å². The van der Waals surface area contributed by atoms with Crippen LogP contribution in [0.25, 0.3) is 0 Å². The summed E-state index contributed by atoms with van der Waals surface area (Å²) in [6, 6.07) is 7.63. The minimum atomic E-state index is -0.990. The van der Waals surface area contributed by atoms with E-state index < -0.39 is 5.54 Å². The summed E-state index contributed by atoms with van der Waals surface area (Å²) < 4.78 is 6.20. The fourth-order valence-electron chi connectivity index (χ4n) is 2.87. The Morgan fingerprint density at radius 3 is 2.68 bits per heavy atom. The SMILES string of the molecule is COCC1CCCN(C(=O)C(C)(N)c2ccc(Br)cc2)C1.Cl. The van der Waals surface area contributed by atoms with E-state index in [0.29, 0.717) is 12.5 Å². The third kappa shape index (κ3) is 4.44. The topological polar surface area (TPSA) is 55.6 Å². The standard InChI is InChI=1S/C16H23BrN2O2.ClH/c1-16(18,13-5-7-14(17)8-6-13)15(20)19-9-3-4-12(10-19)11-21-2;/h5-8,12H,3-4,9-11,18H2,1-2H3;1H. The van der Waals surface area contributed by atoms with E-state index in [4.69, 9.17) is 10.5 Å². The van der Waals surface area contributed by atoms with Crippen LogP contribution in [0.5, 0.6) is 0 Å². The number of benzene rings is 1. The smallest absolute Gasteiger partial charge is 0.246 e. The molecule has 1 heterocycles. The molecular formula is C16H24BrClN2O2. The van der Waals surface area contributed by atoms with Gasteiger partial charge in [0.15, 0.2) is 0 Å². The molecule has 124 valence electrons. The van der Waals surface area contributed by atoms with Crippen LogP contribution in [0.1, 0.15) is 25.3 Å². The molecule has 1 saturated heterocycles. The molecule has 22 heavy (non-hydrogen) atoms. The van der Waals surface area contributed by atoms with Gasteiger partial charge in [-0.3, -0.25) is 4.79 Å². The van der Waals surface area contributed by atoms with Gasteiger partial charge in [0.2, 0.25) is 5.91 Å². The summed E-state index contributed by atoms with van der Waals surface area (Å²) in [6.07, 6.45) is 2.12. The summed E-state index contributed by atoms with van der Waals surface area (Å²) in [7, 11) is 1.70. The van der Waals surface area contributed by atoms with Crippen molar-refractivity contribution in [1.29, 1.82) is 0 Å². The van der Waals surface area contributed by atoms with Crippen LogP contribution >= 0.6 is 28.3 Å². The normalized spacial score (nSPS) is 20.9. The van der Waals surface area contributed by atoms with Gasteiger partial charge in [-0.25, -0.2) is 0 Å². The summed E-state index contributed by atoms with van der Waals surface area (Å²) in [5.74, 6) is 0.402. The molecule has 1 aromatic rings. The molecule has 1 amide bonds. The van der Waals surface area contributed by atoms with Crippen LogP contribution in [0.3, 0.4) is 0 Å². The molecule has 2 atom stereocenters. The number of methoxy groups -OCH3 is 1. The number of likely N-dealkylation sites (tertiary alicyclic amines) is 1. The first kappa shape index (κ1) is 19.4. The second kappa shape index (κ2) is 8.29. The van der Waals surface area contributed by atoms with Gasteiger partial charge in [0, 0.05) is 24.7 Å². The van der Waals surface area contributed by atoms with Crippen LogP contribution in [0, 0.1) is 5.92 Å². The van der Waals surface area contributed by atoms with Gasteiger partial charge in [-0.05, 0) is 43.4 Å². The van der Waals surface area contributed by atoms with E-state index in [1.165, 1.54) is 0 Å². The predicted octanol–water partition coefficient (Wildman–Crippen LogP) is 2.93. The number of nitrogens with two attached hydrogens (primary N) is 1. The zero-order valence-electron chi connectivity index (χ0n) is 13.0. The van der Waals surface area contributed by atoms with Crippen molar-refractivity contribution in [2.45, 2.75) is 25.3 Å². The van der Waals surface area contributed by atoms with Gasteiger partial charge in [-0.1, -0.05) is 28.1 Å². The summed E-state index contributed by atoms with van der Waals surface area (Å²) in [6.45, 7) is 4.00. The van der Waals surface area contributed by atoms with Crippen molar-refractivity contribution in [3.63, 3.8) is 0 Å². The Hall–Kier alpha value is -0.620. The van der Waals surface area contributed by atoms with Crippen molar-refractivity contribution in [2.75, 3.05) is 26.8 Å². The van der Waals surface area contributed by atoms with E-state index >= 15 is 0 Å². The molecule has 0 bridgehead atoms. The molecule has 2 rings (SSSR count). The van der Waals surface area contributed by atoms with Crippen LogP contribution < -0.4 is 5.73 Å². The van der Waals surface area contributed by atoms with Crippen molar-refractivity contribution < 1.29 is 9.53 Å². The Morgan fingerprint density at radius 2 is 2.09 bits per heavy atom. The van der Waals surface area contributed by atoms with Crippen molar-refractivity contribution in [2.24, 2.45) is 11.7 Å². The van der Waals surface area contributed by atoms with E-state index in [-0.39, 0.29) is 18.3 Å². The number of nitrogens with zero attached hydrogens (tertiary/aromatic N) is 1. The van der Waals surface area contributed by atoms with Gasteiger partial charge in [0.25, 0.3) is 0 Å². The van der Waals surface area contributed by atoms with E-state index in [9.17, 15) is 4.79 Å².